The van der Waals surface area contributed by atoms with Gasteiger partial charge in [0.1, 0.15) is 0 Å². The molecule has 1 N–H and O–H groups in total. The van der Waals surface area contributed by atoms with Gasteiger partial charge in [0.05, 0.1) is 0 Å². The second-order valence-corrected chi connectivity index (χ2v) is 5.95. The Kier molecular flexibility index (Phi) is 6.49. The third-order valence-electron chi connectivity index (χ3n) is 0.539. The van der Waals surface area contributed by atoms with Gasteiger partial charge in [0.25, 0.3) is 0 Å². The Morgan fingerprint density at radius 3 is 2.50 bits per heavy atom. The van der Waals surface area contributed by atoms with Crippen LogP contribution < -0.4 is 0 Å². The normalized spacial score (nSPS) is 9.00. The fourth-order valence-corrected chi connectivity index (χ4v) is 1.72. The molecule has 0 aliphatic rings. The summed E-state index contributed by atoms with van der Waals surface area (Å²) >= 11 is -0.0504. The molecule has 6 heavy (non-hydrogen) atoms. The Bertz CT molecular complexity index is 19.5. The van der Waals surface area contributed by atoms with Gasteiger partial charge in [-0.3, -0.25) is 0 Å². The first-order chi connectivity index (χ1) is 2.91. The SMILES string of the molecule is C[CH2][Sn][CH2]CO. The first-order valence-electron chi connectivity index (χ1n) is 2.23. The van der Waals surface area contributed by atoms with E-state index in [1.807, 2.05) is 0 Å². The van der Waals surface area contributed by atoms with Crippen molar-refractivity contribution in [1.29, 1.82) is 0 Å². The van der Waals surface area contributed by atoms with Crippen LogP contribution in [0, 0.1) is 0 Å². The molecule has 0 unspecified atom stereocenters. The Balaban J connectivity index is 2.34. The van der Waals surface area contributed by atoms with E-state index < -0.39 is 0 Å². The van der Waals surface area contributed by atoms with Gasteiger partial charge in [-0.05, 0) is 0 Å². The summed E-state index contributed by atoms with van der Waals surface area (Å²) in [5.41, 5.74) is 0. The summed E-state index contributed by atoms with van der Waals surface area (Å²) in [6.07, 6.45) is 0. The average Bonchev–Trinajstić information content (AvgIpc) is 1.61. The van der Waals surface area contributed by atoms with E-state index in [1.54, 1.807) is 0 Å². The third kappa shape index (κ3) is 4.76. The van der Waals surface area contributed by atoms with E-state index in [0.29, 0.717) is 6.61 Å². The van der Waals surface area contributed by atoms with Gasteiger partial charge in [0.15, 0.2) is 0 Å². The maximum atomic E-state index is 8.24. The molecule has 0 aromatic carbocycles. The van der Waals surface area contributed by atoms with Crippen LogP contribution in [0.2, 0.25) is 8.87 Å². The van der Waals surface area contributed by atoms with Crippen LogP contribution in [0.25, 0.3) is 0 Å². The van der Waals surface area contributed by atoms with Crippen molar-refractivity contribution in [2.24, 2.45) is 0 Å². The molecule has 2 heteroatoms. The molecule has 0 fully saturated rings. The van der Waals surface area contributed by atoms with Gasteiger partial charge in [0.2, 0.25) is 0 Å². The van der Waals surface area contributed by atoms with Crippen molar-refractivity contribution in [3.8, 4) is 0 Å². The Morgan fingerprint density at radius 2 is 2.33 bits per heavy atom. The van der Waals surface area contributed by atoms with Gasteiger partial charge < -0.3 is 0 Å². The van der Waals surface area contributed by atoms with Gasteiger partial charge in [-0.2, -0.15) is 0 Å². The molecule has 0 amide bonds. The topological polar surface area (TPSA) is 20.2 Å². The van der Waals surface area contributed by atoms with Crippen molar-refractivity contribution < 1.29 is 5.11 Å². The van der Waals surface area contributed by atoms with E-state index in [9.17, 15) is 0 Å². The molecule has 0 saturated carbocycles. The average molecular weight is 193 g/mol. The zero-order chi connectivity index (χ0) is 4.83. The van der Waals surface area contributed by atoms with E-state index in [-0.39, 0.29) is 21.1 Å². The molecule has 0 aromatic heterocycles. The van der Waals surface area contributed by atoms with Crippen molar-refractivity contribution in [2.75, 3.05) is 6.61 Å². The zero-order valence-electron chi connectivity index (χ0n) is 4.07. The van der Waals surface area contributed by atoms with Crippen LogP contribution in [0.4, 0.5) is 0 Å². The van der Waals surface area contributed by atoms with E-state index in [2.05, 4.69) is 6.92 Å². The summed E-state index contributed by atoms with van der Waals surface area (Å²) in [6, 6.07) is 0. The van der Waals surface area contributed by atoms with E-state index in [1.165, 1.54) is 4.44 Å². The van der Waals surface area contributed by atoms with Gasteiger partial charge in [-0.1, -0.05) is 0 Å². The summed E-state index contributed by atoms with van der Waals surface area (Å²) < 4.78 is 2.50. The quantitative estimate of drug-likeness (QED) is 0.512. The van der Waals surface area contributed by atoms with Crippen molar-refractivity contribution in [3.05, 3.63) is 0 Å². The molecule has 0 spiro atoms. The van der Waals surface area contributed by atoms with E-state index in [0.717, 1.165) is 4.44 Å². The molecule has 0 bridgehead atoms. The molecule has 1 nitrogen and oxygen atoms in total. The fraction of sp³-hybridized carbons (Fsp3) is 1.00. The van der Waals surface area contributed by atoms with Crippen LogP contribution in [-0.2, 0) is 0 Å². The molecule has 0 aliphatic heterocycles. The second-order valence-electron chi connectivity index (χ2n) is 1.08. The second kappa shape index (κ2) is 5.76. The monoisotopic (exact) mass is 194 g/mol. The van der Waals surface area contributed by atoms with Crippen LogP contribution >= 0.6 is 0 Å². The van der Waals surface area contributed by atoms with Crippen LogP contribution in [0.5, 0.6) is 0 Å². The van der Waals surface area contributed by atoms with Crippen LogP contribution in [0.1, 0.15) is 6.92 Å². The number of hydrogen-bond acceptors (Lipinski definition) is 1. The van der Waals surface area contributed by atoms with Crippen LogP contribution in [0.15, 0.2) is 0 Å². The minimum absolute atomic E-state index is 0.0504. The molecule has 0 heterocycles. The van der Waals surface area contributed by atoms with Crippen LogP contribution in [-0.4, -0.2) is 32.9 Å². The van der Waals surface area contributed by atoms with E-state index >= 15 is 0 Å². The fourth-order valence-electron chi connectivity index (χ4n) is 0.256. The van der Waals surface area contributed by atoms with Crippen molar-refractivity contribution in [3.63, 3.8) is 0 Å². The molecule has 0 rings (SSSR count). The molecular formula is C4H10OSn. The molecule has 0 atom stereocenters. The number of aliphatic hydroxyl groups excluding tert-OH is 1. The van der Waals surface area contributed by atoms with Crippen molar-refractivity contribution >= 4 is 21.1 Å². The predicted molar refractivity (Wildman–Crippen MR) is 28.1 cm³/mol. The van der Waals surface area contributed by atoms with Gasteiger partial charge in [-0.15, -0.1) is 0 Å². The Labute approximate surface area is 49.0 Å². The Morgan fingerprint density at radius 1 is 1.67 bits per heavy atom. The van der Waals surface area contributed by atoms with Gasteiger partial charge in [0, 0.05) is 0 Å². The maximum absolute atomic E-state index is 8.24. The van der Waals surface area contributed by atoms with Gasteiger partial charge >= 0.3 is 48.7 Å². The number of aliphatic hydroxyl groups is 1. The summed E-state index contributed by atoms with van der Waals surface area (Å²) in [7, 11) is 0. The molecule has 0 saturated heterocycles. The molecule has 0 aliphatic carbocycles. The summed E-state index contributed by atoms with van der Waals surface area (Å²) in [5.74, 6) is 0. The minimum atomic E-state index is -0.0504. The van der Waals surface area contributed by atoms with Gasteiger partial charge in [-0.25, -0.2) is 0 Å². The molecule has 36 valence electrons. The third-order valence-corrected chi connectivity index (χ3v) is 3.61. The van der Waals surface area contributed by atoms with Crippen molar-refractivity contribution in [1.82, 2.24) is 0 Å². The molecule has 0 aromatic rings. The molecular weight excluding hydrogens is 183 g/mol. The molecule has 2 radical (unpaired) electrons. The summed E-state index contributed by atoms with van der Waals surface area (Å²) in [4.78, 5) is 0. The predicted octanol–water partition coefficient (Wildman–Crippen LogP) is 0.539. The first-order valence-corrected chi connectivity index (χ1v) is 6.27. The van der Waals surface area contributed by atoms with E-state index in [4.69, 9.17) is 5.11 Å². The Hall–Kier alpha value is 0.759. The summed E-state index contributed by atoms with van der Waals surface area (Å²) in [6.45, 7) is 2.63. The number of hydrogen-bond donors (Lipinski definition) is 1. The summed E-state index contributed by atoms with van der Waals surface area (Å²) in [5, 5.41) is 8.24. The number of rotatable bonds is 3. The van der Waals surface area contributed by atoms with Crippen LogP contribution in [0.3, 0.4) is 0 Å². The standard InChI is InChI=1S/C2H5O.C2H5.Sn/c1-2-3;1-2;/h3H,1-2H2;1H2,2H3;. The zero-order valence-corrected chi connectivity index (χ0v) is 6.92. The van der Waals surface area contributed by atoms with Crippen molar-refractivity contribution in [2.45, 2.75) is 15.8 Å². The first kappa shape index (κ1) is 6.76.